The molecule has 4 N–H and O–H groups in total. The van der Waals surface area contributed by atoms with Crippen molar-refractivity contribution in [2.24, 2.45) is 34.5 Å². The molecule has 0 aromatic carbocycles. The smallest absolute Gasteiger partial charge is 0.393 e. The van der Waals surface area contributed by atoms with Gasteiger partial charge in [0.2, 0.25) is 0 Å². The molecule has 0 amide bonds. The van der Waals surface area contributed by atoms with Crippen molar-refractivity contribution in [2.45, 2.75) is 83.8 Å². The SMILES string of the molecule is C[C@]12CC[C@H]3[C@@H](CCC4C[C@H](O)CC[C@@]43C)[C@@H]1CC[C@H]2O.O=S(=O)(O)OS(=O)(=O)O. The molecule has 4 saturated carbocycles. The number of aliphatic hydroxyl groups excluding tert-OH is 2. The van der Waals surface area contributed by atoms with E-state index in [2.05, 4.69) is 17.5 Å². The molecule has 4 aliphatic carbocycles. The molecule has 0 aromatic rings. The van der Waals surface area contributed by atoms with E-state index in [4.69, 9.17) is 9.11 Å². The summed E-state index contributed by atoms with van der Waals surface area (Å²) >= 11 is 0. The third kappa shape index (κ3) is 4.87. The molecule has 30 heavy (non-hydrogen) atoms. The molecule has 4 fully saturated rings. The second-order valence-electron chi connectivity index (χ2n) is 10.1. The van der Waals surface area contributed by atoms with E-state index in [-0.39, 0.29) is 17.6 Å². The van der Waals surface area contributed by atoms with Crippen LogP contribution in [0.2, 0.25) is 0 Å². The molecule has 176 valence electrons. The number of rotatable bonds is 2. The van der Waals surface area contributed by atoms with Gasteiger partial charge in [-0.25, -0.2) is 0 Å². The first kappa shape index (κ1) is 24.3. The van der Waals surface area contributed by atoms with E-state index in [1.807, 2.05) is 0 Å². The van der Waals surface area contributed by atoms with Gasteiger partial charge in [0.05, 0.1) is 12.2 Å². The molecular formula is C19H34O9S2. The molecule has 0 spiro atoms. The lowest BCUT2D eigenvalue weighted by molar-refractivity contribution is -0.133. The molecule has 0 aliphatic heterocycles. The Balaban J connectivity index is 0.000000244. The number of fused-ring (bicyclic) bond motifs is 5. The summed E-state index contributed by atoms with van der Waals surface area (Å²) in [5.41, 5.74) is 0.676. The Labute approximate surface area is 179 Å². The second-order valence-corrected chi connectivity index (χ2v) is 12.4. The average molecular weight is 471 g/mol. The summed E-state index contributed by atoms with van der Waals surface area (Å²) in [5, 5.41) is 20.5. The zero-order valence-corrected chi connectivity index (χ0v) is 19.1. The van der Waals surface area contributed by atoms with Gasteiger partial charge >= 0.3 is 20.8 Å². The van der Waals surface area contributed by atoms with Crippen molar-refractivity contribution < 1.29 is 39.8 Å². The van der Waals surface area contributed by atoms with Crippen LogP contribution in [0.4, 0.5) is 0 Å². The van der Waals surface area contributed by atoms with Gasteiger partial charge in [0, 0.05) is 0 Å². The van der Waals surface area contributed by atoms with Crippen LogP contribution in [-0.2, 0) is 24.4 Å². The first-order chi connectivity index (χ1) is 13.7. The van der Waals surface area contributed by atoms with Gasteiger partial charge in [-0.3, -0.25) is 9.11 Å². The molecule has 9 nitrogen and oxygen atoms in total. The Morgan fingerprint density at radius 1 is 0.767 bits per heavy atom. The van der Waals surface area contributed by atoms with Gasteiger partial charge in [-0.05, 0) is 92.3 Å². The van der Waals surface area contributed by atoms with Crippen molar-refractivity contribution in [1.29, 1.82) is 0 Å². The van der Waals surface area contributed by atoms with Crippen molar-refractivity contribution in [3.05, 3.63) is 0 Å². The van der Waals surface area contributed by atoms with Crippen LogP contribution in [0.15, 0.2) is 0 Å². The lowest BCUT2D eigenvalue weighted by Gasteiger charge is -2.60. The summed E-state index contributed by atoms with van der Waals surface area (Å²) in [4.78, 5) is 0. The normalized spacial score (nSPS) is 46.1. The van der Waals surface area contributed by atoms with E-state index in [0.29, 0.717) is 5.41 Å². The first-order valence-electron chi connectivity index (χ1n) is 10.7. The Hall–Kier alpha value is -0.300. The Bertz CT molecular complexity index is 812. The second kappa shape index (κ2) is 8.24. The van der Waals surface area contributed by atoms with Crippen LogP contribution >= 0.6 is 0 Å². The molecule has 1 unspecified atom stereocenters. The van der Waals surface area contributed by atoms with E-state index in [9.17, 15) is 27.0 Å². The zero-order valence-electron chi connectivity index (χ0n) is 17.5. The van der Waals surface area contributed by atoms with Gasteiger partial charge in [0.1, 0.15) is 0 Å². The highest BCUT2D eigenvalue weighted by Crippen LogP contribution is 2.66. The maximum atomic E-state index is 10.5. The standard InChI is InChI=1S/C19H32O2.H2O7S2/c1-18-9-7-13(20)11-12(18)3-4-14-15-5-6-17(21)19(15,2)10-8-16(14)18;1-8(2,3)7-9(4,5)6/h12-17,20-21H,3-11H2,1-2H3;(H,1,2,3)(H,4,5,6)/t12?,13-,14+,15+,16+,17-,18+,19+;/m1./s1. The van der Waals surface area contributed by atoms with E-state index in [1.165, 1.54) is 38.5 Å². The van der Waals surface area contributed by atoms with Gasteiger partial charge in [-0.15, -0.1) is 3.63 Å². The van der Waals surface area contributed by atoms with Crippen LogP contribution in [0.1, 0.15) is 71.6 Å². The molecule has 11 heteroatoms. The van der Waals surface area contributed by atoms with Crippen molar-refractivity contribution in [3.63, 3.8) is 0 Å². The van der Waals surface area contributed by atoms with Gasteiger partial charge in [-0.1, -0.05) is 13.8 Å². The highest BCUT2D eigenvalue weighted by Gasteiger charge is 2.59. The van der Waals surface area contributed by atoms with Crippen molar-refractivity contribution in [2.75, 3.05) is 0 Å². The van der Waals surface area contributed by atoms with Crippen LogP contribution in [0.3, 0.4) is 0 Å². The predicted molar refractivity (Wildman–Crippen MR) is 108 cm³/mol. The number of hydrogen-bond donors (Lipinski definition) is 4. The molecule has 0 saturated heterocycles. The average Bonchev–Trinajstić information content (AvgIpc) is 2.88. The van der Waals surface area contributed by atoms with Gasteiger partial charge in [0.25, 0.3) is 0 Å². The summed E-state index contributed by atoms with van der Waals surface area (Å²) in [6, 6.07) is 0. The minimum Gasteiger partial charge on any atom is -0.393 e. The summed E-state index contributed by atoms with van der Waals surface area (Å²) in [5.74, 6) is 3.21. The van der Waals surface area contributed by atoms with Crippen LogP contribution in [-0.4, -0.2) is 48.4 Å². The van der Waals surface area contributed by atoms with Gasteiger partial charge in [-0.2, -0.15) is 16.8 Å². The van der Waals surface area contributed by atoms with Crippen LogP contribution in [0.5, 0.6) is 0 Å². The highest BCUT2D eigenvalue weighted by molar-refractivity contribution is 7.94. The third-order valence-electron chi connectivity index (χ3n) is 8.76. The molecule has 0 heterocycles. The summed E-state index contributed by atoms with van der Waals surface area (Å²) in [6.07, 6.45) is 10.7. The predicted octanol–water partition coefficient (Wildman–Crippen LogP) is 2.36. The largest absolute Gasteiger partial charge is 0.413 e. The van der Waals surface area contributed by atoms with Gasteiger partial charge in [0.15, 0.2) is 0 Å². The van der Waals surface area contributed by atoms with Crippen molar-refractivity contribution in [3.8, 4) is 0 Å². The topological polar surface area (TPSA) is 158 Å². The lowest BCUT2D eigenvalue weighted by Crippen LogP contribution is -2.54. The number of aliphatic hydroxyl groups is 2. The fourth-order valence-corrected chi connectivity index (χ4v) is 8.19. The summed E-state index contributed by atoms with van der Waals surface area (Å²) in [6.45, 7) is 4.90. The van der Waals surface area contributed by atoms with Crippen molar-refractivity contribution >= 4 is 20.8 Å². The minimum absolute atomic E-state index is 0.0400. The summed E-state index contributed by atoms with van der Waals surface area (Å²) in [7, 11) is -10.2. The molecule has 0 radical (unpaired) electrons. The maximum absolute atomic E-state index is 10.5. The van der Waals surface area contributed by atoms with Crippen LogP contribution in [0.25, 0.3) is 0 Å². The zero-order chi connectivity index (χ0) is 22.5. The molecular weight excluding hydrogens is 436 g/mol. The number of hydrogen-bond acceptors (Lipinski definition) is 7. The highest BCUT2D eigenvalue weighted by atomic mass is 32.3. The Kier molecular flexibility index (Phi) is 6.69. The monoisotopic (exact) mass is 470 g/mol. The molecule has 4 aliphatic rings. The third-order valence-corrected chi connectivity index (χ3v) is 10.1. The van der Waals surface area contributed by atoms with E-state index >= 15 is 0 Å². The molecule has 0 aromatic heterocycles. The summed E-state index contributed by atoms with van der Waals surface area (Å²) < 4.78 is 55.6. The van der Waals surface area contributed by atoms with Crippen molar-refractivity contribution in [1.82, 2.24) is 0 Å². The first-order valence-corrected chi connectivity index (χ1v) is 13.4. The van der Waals surface area contributed by atoms with E-state index in [1.54, 1.807) is 0 Å². The molecule has 8 atom stereocenters. The van der Waals surface area contributed by atoms with E-state index < -0.39 is 20.8 Å². The fourth-order valence-electron chi connectivity index (χ4n) is 7.32. The van der Waals surface area contributed by atoms with Crippen LogP contribution < -0.4 is 0 Å². The molecule has 0 bridgehead atoms. The Morgan fingerprint density at radius 2 is 1.33 bits per heavy atom. The maximum Gasteiger partial charge on any atom is 0.413 e. The Morgan fingerprint density at radius 3 is 1.90 bits per heavy atom. The molecule has 4 rings (SSSR count). The minimum atomic E-state index is -5.12. The van der Waals surface area contributed by atoms with E-state index in [0.717, 1.165) is 42.9 Å². The quantitative estimate of drug-likeness (QED) is 0.444. The fraction of sp³-hybridized carbons (Fsp3) is 1.00. The van der Waals surface area contributed by atoms with Gasteiger partial charge < -0.3 is 10.2 Å². The lowest BCUT2D eigenvalue weighted by atomic mass is 9.45. The van der Waals surface area contributed by atoms with Crippen LogP contribution in [0, 0.1) is 34.5 Å².